The van der Waals surface area contributed by atoms with Gasteiger partial charge in [0, 0.05) is 11.3 Å². The molecule has 6 heteroatoms. The average Bonchev–Trinajstić information content (AvgIpc) is 3.21. The maximum atomic E-state index is 12.7. The van der Waals surface area contributed by atoms with E-state index in [1.54, 1.807) is 37.3 Å². The Labute approximate surface area is 180 Å². The van der Waals surface area contributed by atoms with Crippen molar-refractivity contribution < 1.29 is 14.3 Å². The fraction of sp³-hybridized carbons (Fsp3) is 0.160. The third-order valence-electron chi connectivity index (χ3n) is 5.00. The number of ether oxygens (including phenoxy) is 1. The largest absolute Gasteiger partial charge is 0.449 e. The van der Waals surface area contributed by atoms with Gasteiger partial charge in [-0.2, -0.15) is 0 Å². The van der Waals surface area contributed by atoms with Gasteiger partial charge in [-0.1, -0.05) is 55.0 Å². The van der Waals surface area contributed by atoms with Crippen LogP contribution in [-0.4, -0.2) is 27.9 Å². The van der Waals surface area contributed by atoms with Gasteiger partial charge in [-0.3, -0.25) is 4.79 Å². The average molecular weight is 413 g/mol. The summed E-state index contributed by atoms with van der Waals surface area (Å²) in [6.07, 6.45) is -0.512. The van der Waals surface area contributed by atoms with E-state index in [0.29, 0.717) is 17.7 Å². The number of para-hydroxylation sites is 1. The minimum atomic E-state index is -0.881. The lowest BCUT2D eigenvalue weighted by Gasteiger charge is -2.16. The van der Waals surface area contributed by atoms with Gasteiger partial charge in [-0.25, -0.2) is 9.78 Å². The highest BCUT2D eigenvalue weighted by Gasteiger charge is 2.22. The molecular weight excluding hydrogens is 390 g/mol. The molecular formula is C25H23N3O3. The standard InChI is InChI=1S/C25H23N3O3/c1-3-22(24(29)26-19-7-5-4-6-8-19)31-25(30)18-13-14-20-21(15-18)28-23(27-20)17-11-9-16(2)10-12-17/h4-15,22H,3H2,1-2H3,(H,26,29)(H,27,28). The molecule has 6 nitrogen and oxygen atoms in total. The van der Waals surface area contributed by atoms with Gasteiger partial charge in [0.15, 0.2) is 6.10 Å². The van der Waals surface area contributed by atoms with E-state index in [9.17, 15) is 9.59 Å². The topological polar surface area (TPSA) is 84.1 Å². The number of anilines is 1. The monoisotopic (exact) mass is 413 g/mol. The van der Waals surface area contributed by atoms with Crippen molar-refractivity contribution in [2.45, 2.75) is 26.4 Å². The first-order valence-corrected chi connectivity index (χ1v) is 10.2. The summed E-state index contributed by atoms with van der Waals surface area (Å²) in [5, 5.41) is 2.77. The minimum Gasteiger partial charge on any atom is -0.449 e. The van der Waals surface area contributed by atoms with Gasteiger partial charge in [0.2, 0.25) is 0 Å². The summed E-state index contributed by atoms with van der Waals surface area (Å²) in [7, 11) is 0. The van der Waals surface area contributed by atoms with Gasteiger partial charge in [0.25, 0.3) is 5.91 Å². The molecule has 1 unspecified atom stereocenters. The third kappa shape index (κ3) is 4.64. The Kier molecular flexibility index (Phi) is 5.80. The second-order valence-electron chi connectivity index (χ2n) is 7.34. The Morgan fingerprint density at radius 1 is 1.03 bits per heavy atom. The van der Waals surface area contributed by atoms with Crippen LogP contribution in [-0.2, 0) is 9.53 Å². The van der Waals surface area contributed by atoms with Crippen LogP contribution < -0.4 is 5.32 Å². The Morgan fingerprint density at radius 3 is 2.48 bits per heavy atom. The molecule has 0 aliphatic heterocycles. The first-order chi connectivity index (χ1) is 15.0. The number of imidazole rings is 1. The number of amides is 1. The quantitative estimate of drug-likeness (QED) is 0.430. The van der Waals surface area contributed by atoms with Crippen molar-refractivity contribution in [3.05, 3.63) is 83.9 Å². The van der Waals surface area contributed by atoms with Gasteiger partial charge in [-0.15, -0.1) is 0 Å². The Hall–Kier alpha value is -3.93. The molecule has 3 aromatic carbocycles. The number of benzene rings is 3. The number of hydrogen-bond acceptors (Lipinski definition) is 4. The van der Waals surface area contributed by atoms with Crippen LogP contribution in [0.3, 0.4) is 0 Å². The molecule has 1 aromatic heterocycles. The molecule has 0 saturated heterocycles. The zero-order valence-corrected chi connectivity index (χ0v) is 17.4. The number of carbonyl (C=O) groups excluding carboxylic acids is 2. The minimum absolute atomic E-state index is 0.355. The van der Waals surface area contributed by atoms with E-state index in [1.807, 2.05) is 49.4 Å². The number of aryl methyl sites for hydroxylation is 1. The van der Waals surface area contributed by atoms with Crippen LogP contribution in [0.2, 0.25) is 0 Å². The Bertz CT molecular complexity index is 1210. The number of nitrogens with zero attached hydrogens (tertiary/aromatic N) is 1. The zero-order valence-electron chi connectivity index (χ0n) is 17.4. The van der Waals surface area contributed by atoms with Crippen molar-refractivity contribution in [1.82, 2.24) is 9.97 Å². The molecule has 4 rings (SSSR count). The first kappa shape index (κ1) is 20.3. The maximum Gasteiger partial charge on any atom is 0.338 e. The molecule has 2 N–H and O–H groups in total. The van der Waals surface area contributed by atoms with E-state index in [-0.39, 0.29) is 5.91 Å². The van der Waals surface area contributed by atoms with Crippen molar-refractivity contribution in [2.75, 3.05) is 5.32 Å². The van der Waals surface area contributed by atoms with E-state index in [2.05, 4.69) is 15.3 Å². The van der Waals surface area contributed by atoms with Gasteiger partial charge >= 0.3 is 5.97 Å². The van der Waals surface area contributed by atoms with Crippen molar-refractivity contribution >= 4 is 28.6 Å². The molecule has 0 radical (unpaired) electrons. The molecule has 0 aliphatic carbocycles. The van der Waals surface area contributed by atoms with Crippen LogP contribution in [0.25, 0.3) is 22.4 Å². The lowest BCUT2D eigenvalue weighted by atomic mass is 10.1. The van der Waals surface area contributed by atoms with Crippen LogP contribution in [0.5, 0.6) is 0 Å². The molecule has 1 atom stereocenters. The predicted octanol–water partition coefficient (Wildman–Crippen LogP) is 5.11. The molecule has 1 heterocycles. The summed E-state index contributed by atoms with van der Waals surface area (Å²) in [5.41, 5.74) is 4.64. The van der Waals surface area contributed by atoms with Gasteiger partial charge in [-0.05, 0) is 43.7 Å². The molecule has 0 spiro atoms. The van der Waals surface area contributed by atoms with E-state index < -0.39 is 12.1 Å². The third-order valence-corrected chi connectivity index (χ3v) is 5.00. The normalized spacial score (nSPS) is 11.8. The molecule has 1 amide bonds. The van der Waals surface area contributed by atoms with E-state index in [0.717, 1.165) is 22.4 Å². The van der Waals surface area contributed by atoms with Crippen LogP contribution in [0, 0.1) is 6.92 Å². The lowest BCUT2D eigenvalue weighted by molar-refractivity contribution is -0.124. The second kappa shape index (κ2) is 8.83. The Balaban J connectivity index is 1.50. The van der Waals surface area contributed by atoms with Crippen LogP contribution in [0.1, 0.15) is 29.3 Å². The van der Waals surface area contributed by atoms with Crippen LogP contribution in [0.15, 0.2) is 72.8 Å². The fourth-order valence-electron chi connectivity index (χ4n) is 3.25. The summed E-state index contributed by atoms with van der Waals surface area (Å²) in [5.74, 6) is -0.177. The summed E-state index contributed by atoms with van der Waals surface area (Å²) in [6, 6.07) is 22.3. The Morgan fingerprint density at radius 2 is 1.77 bits per heavy atom. The van der Waals surface area contributed by atoms with Crippen LogP contribution in [0.4, 0.5) is 5.69 Å². The van der Waals surface area contributed by atoms with Crippen molar-refractivity contribution in [2.24, 2.45) is 0 Å². The van der Waals surface area contributed by atoms with E-state index in [4.69, 9.17) is 4.74 Å². The van der Waals surface area contributed by atoms with E-state index >= 15 is 0 Å². The van der Waals surface area contributed by atoms with E-state index in [1.165, 1.54) is 5.56 Å². The number of aromatic amines is 1. The SMILES string of the molecule is CCC(OC(=O)c1ccc2nc(-c3ccc(C)cc3)[nH]c2c1)C(=O)Nc1ccccc1. The molecule has 31 heavy (non-hydrogen) atoms. The second-order valence-corrected chi connectivity index (χ2v) is 7.34. The smallest absolute Gasteiger partial charge is 0.338 e. The number of fused-ring (bicyclic) bond motifs is 1. The van der Waals surface area contributed by atoms with Crippen LogP contribution >= 0.6 is 0 Å². The molecule has 4 aromatic rings. The number of aromatic nitrogens is 2. The molecule has 0 fully saturated rings. The number of H-pyrrole nitrogens is 1. The molecule has 0 bridgehead atoms. The van der Waals surface area contributed by atoms with Crippen molar-refractivity contribution in [3.8, 4) is 11.4 Å². The number of carbonyl (C=O) groups is 2. The molecule has 156 valence electrons. The zero-order chi connectivity index (χ0) is 21.8. The maximum absolute atomic E-state index is 12.7. The predicted molar refractivity (Wildman–Crippen MR) is 121 cm³/mol. The number of esters is 1. The molecule has 0 aliphatic rings. The van der Waals surface area contributed by atoms with Gasteiger partial charge in [0.05, 0.1) is 16.6 Å². The highest BCUT2D eigenvalue weighted by atomic mass is 16.5. The summed E-state index contributed by atoms with van der Waals surface area (Å²) in [6.45, 7) is 3.83. The fourth-order valence-corrected chi connectivity index (χ4v) is 3.25. The van der Waals surface area contributed by atoms with Crippen molar-refractivity contribution in [1.29, 1.82) is 0 Å². The number of hydrogen-bond donors (Lipinski definition) is 2. The number of rotatable bonds is 6. The molecule has 0 saturated carbocycles. The number of nitrogens with one attached hydrogen (secondary N) is 2. The lowest BCUT2D eigenvalue weighted by Crippen LogP contribution is -2.32. The van der Waals surface area contributed by atoms with Gasteiger partial charge in [0.1, 0.15) is 5.82 Å². The summed E-state index contributed by atoms with van der Waals surface area (Å²) < 4.78 is 5.49. The van der Waals surface area contributed by atoms with Crippen molar-refractivity contribution in [3.63, 3.8) is 0 Å². The first-order valence-electron chi connectivity index (χ1n) is 10.2. The summed E-state index contributed by atoms with van der Waals surface area (Å²) >= 11 is 0. The summed E-state index contributed by atoms with van der Waals surface area (Å²) in [4.78, 5) is 33.0. The highest BCUT2D eigenvalue weighted by Crippen LogP contribution is 2.22. The van der Waals surface area contributed by atoms with Gasteiger partial charge < -0.3 is 15.0 Å². The highest BCUT2D eigenvalue weighted by molar-refractivity contribution is 5.98.